The Labute approximate surface area is 201 Å². The van der Waals surface area contributed by atoms with Crippen LogP contribution in [0.2, 0.25) is 5.02 Å². The number of carbonyl (C=O) groups is 2. The maximum absolute atomic E-state index is 13.2. The van der Waals surface area contributed by atoms with Gasteiger partial charge in [-0.1, -0.05) is 42.8 Å². The second-order valence-electron chi connectivity index (χ2n) is 7.96. The second-order valence-corrected chi connectivity index (χ2v) is 10.3. The normalized spacial score (nSPS) is 12.2. The summed E-state index contributed by atoms with van der Waals surface area (Å²) in [6.07, 6.45) is 2.04. The zero-order chi connectivity index (χ0) is 24.6. The summed E-state index contributed by atoms with van der Waals surface area (Å²) in [5, 5.41) is 3.22. The Morgan fingerprint density at radius 3 is 2.33 bits per heavy atom. The molecule has 2 aromatic carbocycles. The summed E-state index contributed by atoms with van der Waals surface area (Å²) in [6.45, 7) is 4.17. The number of benzene rings is 2. The fourth-order valence-corrected chi connectivity index (χ4v) is 4.74. The number of nitrogens with zero attached hydrogens (tertiary/aromatic N) is 2. The van der Waals surface area contributed by atoms with E-state index in [1.807, 2.05) is 32.0 Å². The third-order valence-corrected chi connectivity index (χ3v) is 6.79. The van der Waals surface area contributed by atoms with Crippen molar-refractivity contribution >= 4 is 39.1 Å². The summed E-state index contributed by atoms with van der Waals surface area (Å²) >= 11 is 5.97. The highest BCUT2D eigenvalue weighted by atomic mass is 35.5. The van der Waals surface area contributed by atoms with E-state index in [1.165, 1.54) is 4.31 Å². The van der Waals surface area contributed by atoms with E-state index in [0.717, 1.165) is 17.4 Å². The molecule has 0 spiro atoms. The van der Waals surface area contributed by atoms with Gasteiger partial charge in [0.05, 0.1) is 11.9 Å². The molecule has 0 fully saturated rings. The fourth-order valence-electron chi connectivity index (χ4n) is 3.66. The molecule has 0 aliphatic heterocycles. The molecule has 0 aliphatic carbocycles. The zero-order valence-corrected chi connectivity index (χ0v) is 21.1. The molecule has 0 saturated heterocycles. The summed E-state index contributed by atoms with van der Waals surface area (Å²) < 4.78 is 26.1. The molecule has 1 atom stereocenters. The van der Waals surface area contributed by atoms with Crippen molar-refractivity contribution < 1.29 is 18.0 Å². The van der Waals surface area contributed by atoms with Crippen LogP contribution in [0.1, 0.15) is 37.3 Å². The monoisotopic (exact) mass is 493 g/mol. The number of nitrogens with one attached hydrogen (secondary N) is 1. The molecule has 2 rings (SSSR count). The van der Waals surface area contributed by atoms with Crippen LogP contribution in [-0.2, 0) is 26.2 Å². The van der Waals surface area contributed by atoms with Crippen molar-refractivity contribution in [1.29, 1.82) is 0 Å². The first-order chi connectivity index (χ1) is 15.6. The van der Waals surface area contributed by atoms with Crippen molar-refractivity contribution in [1.82, 2.24) is 10.2 Å². The number of carbonyl (C=O) groups excluding carboxylic acids is 2. The van der Waals surface area contributed by atoms with E-state index in [2.05, 4.69) is 5.32 Å². The van der Waals surface area contributed by atoms with Crippen LogP contribution in [0.25, 0.3) is 0 Å². The van der Waals surface area contributed by atoms with Crippen LogP contribution in [0.15, 0.2) is 48.5 Å². The number of hydrogen-bond donors (Lipinski definition) is 1. The van der Waals surface area contributed by atoms with Gasteiger partial charge in [-0.15, -0.1) is 0 Å². The summed E-state index contributed by atoms with van der Waals surface area (Å²) in [5.74, 6) is -0.449. The van der Waals surface area contributed by atoms with Crippen molar-refractivity contribution in [3.63, 3.8) is 0 Å². The van der Waals surface area contributed by atoms with E-state index in [0.29, 0.717) is 23.6 Å². The molecule has 2 amide bonds. The highest BCUT2D eigenvalue weighted by Gasteiger charge is 2.28. The SMILES string of the molecule is CC[C@@H](C(=O)NC)N(Cc1ccc(Cl)cc1)C(=O)CCCN(c1cccc(C)c1)S(C)(=O)=O. The highest BCUT2D eigenvalue weighted by molar-refractivity contribution is 7.92. The van der Waals surface area contributed by atoms with Crippen LogP contribution in [0.4, 0.5) is 5.69 Å². The Balaban J connectivity index is 2.18. The first-order valence-electron chi connectivity index (χ1n) is 10.9. The van der Waals surface area contributed by atoms with Crippen molar-refractivity contribution in [3.8, 4) is 0 Å². The van der Waals surface area contributed by atoms with Gasteiger partial charge in [0.25, 0.3) is 0 Å². The van der Waals surface area contributed by atoms with Crippen LogP contribution in [0, 0.1) is 6.92 Å². The molecule has 2 aromatic rings. The molecular weight excluding hydrogens is 462 g/mol. The van der Waals surface area contributed by atoms with Crippen LogP contribution in [0.3, 0.4) is 0 Å². The van der Waals surface area contributed by atoms with Gasteiger partial charge in [0.1, 0.15) is 6.04 Å². The van der Waals surface area contributed by atoms with Gasteiger partial charge in [-0.25, -0.2) is 8.42 Å². The average molecular weight is 494 g/mol. The minimum atomic E-state index is -3.51. The lowest BCUT2D eigenvalue weighted by Crippen LogP contribution is -2.48. The van der Waals surface area contributed by atoms with Crippen molar-refractivity contribution in [2.45, 2.75) is 45.7 Å². The van der Waals surface area contributed by atoms with Gasteiger partial charge in [0.2, 0.25) is 21.8 Å². The lowest BCUT2D eigenvalue weighted by molar-refractivity contribution is -0.141. The predicted molar refractivity (Wildman–Crippen MR) is 133 cm³/mol. The number of aryl methyl sites for hydroxylation is 1. The Morgan fingerprint density at radius 2 is 1.79 bits per heavy atom. The lowest BCUT2D eigenvalue weighted by atomic mass is 10.1. The minimum absolute atomic E-state index is 0.110. The standard InChI is InChI=1S/C24H32ClN3O4S/c1-5-22(24(30)26-3)27(17-19-11-13-20(25)14-12-19)23(29)10-7-15-28(33(4,31)32)21-9-6-8-18(2)16-21/h6,8-9,11-14,16,22H,5,7,10,15,17H2,1-4H3,(H,26,30)/t22-/m0/s1. The molecule has 0 aliphatic rings. The molecular formula is C24H32ClN3O4S. The quantitative estimate of drug-likeness (QED) is 0.516. The van der Waals surface area contributed by atoms with Crippen LogP contribution < -0.4 is 9.62 Å². The summed E-state index contributed by atoms with van der Waals surface area (Å²) in [5.41, 5.74) is 2.37. The van der Waals surface area contributed by atoms with E-state index >= 15 is 0 Å². The molecule has 0 saturated carbocycles. The van der Waals surface area contributed by atoms with Gasteiger partial charge in [0.15, 0.2) is 0 Å². The number of likely N-dealkylation sites (N-methyl/N-ethyl adjacent to an activating group) is 1. The van der Waals surface area contributed by atoms with Crippen molar-refractivity contribution in [3.05, 3.63) is 64.7 Å². The predicted octanol–water partition coefficient (Wildman–Crippen LogP) is 3.75. The van der Waals surface area contributed by atoms with E-state index in [9.17, 15) is 18.0 Å². The number of rotatable bonds is 11. The number of amides is 2. The molecule has 7 nitrogen and oxygen atoms in total. The average Bonchev–Trinajstić information content (AvgIpc) is 2.76. The molecule has 180 valence electrons. The molecule has 0 unspecified atom stereocenters. The first kappa shape index (κ1) is 26.7. The molecule has 9 heteroatoms. The maximum atomic E-state index is 13.2. The molecule has 33 heavy (non-hydrogen) atoms. The van der Waals surface area contributed by atoms with Gasteiger partial charge in [-0.2, -0.15) is 0 Å². The van der Waals surface area contributed by atoms with E-state index < -0.39 is 16.1 Å². The smallest absolute Gasteiger partial charge is 0.242 e. The largest absolute Gasteiger partial charge is 0.357 e. The molecule has 0 heterocycles. The number of halogens is 1. The third-order valence-electron chi connectivity index (χ3n) is 5.34. The second kappa shape index (κ2) is 12.0. The highest BCUT2D eigenvalue weighted by Crippen LogP contribution is 2.21. The maximum Gasteiger partial charge on any atom is 0.242 e. The van der Waals surface area contributed by atoms with Gasteiger partial charge < -0.3 is 10.2 Å². The number of sulfonamides is 1. The summed E-state index contributed by atoms with van der Waals surface area (Å²) in [4.78, 5) is 27.2. The topological polar surface area (TPSA) is 86.8 Å². The van der Waals surface area contributed by atoms with E-state index in [4.69, 9.17) is 11.6 Å². The molecule has 0 bridgehead atoms. The Bertz CT molecular complexity index is 1060. The Morgan fingerprint density at radius 1 is 1.12 bits per heavy atom. The van der Waals surface area contributed by atoms with Crippen molar-refractivity contribution in [2.75, 3.05) is 24.2 Å². The van der Waals surface area contributed by atoms with Crippen LogP contribution in [-0.4, -0.2) is 51.0 Å². The number of anilines is 1. The summed E-state index contributed by atoms with van der Waals surface area (Å²) in [6, 6.07) is 13.7. The summed E-state index contributed by atoms with van der Waals surface area (Å²) in [7, 11) is -1.97. The Hall–Kier alpha value is -2.58. The third kappa shape index (κ3) is 7.75. The Kier molecular flexibility index (Phi) is 9.73. The van der Waals surface area contributed by atoms with Gasteiger partial charge >= 0.3 is 0 Å². The van der Waals surface area contributed by atoms with Gasteiger partial charge in [-0.3, -0.25) is 13.9 Å². The molecule has 0 radical (unpaired) electrons. The van der Waals surface area contributed by atoms with Gasteiger partial charge in [-0.05, 0) is 55.2 Å². The lowest BCUT2D eigenvalue weighted by Gasteiger charge is -2.30. The number of hydrogen-bond acceptors (Lipinski definition) is 4. The fraction of sp³-hybridized carbons (Fsp3) is 0.417. The van der Waals surface area contributed by atoms with Crippen molar-refractivity contribution in [2.24, 2.45) is 0 Å². The van der Waals surface area contributed by atoms with E-state index in [1.54, 1.807) is 42.3 Å². The van der Waals surface area contributed by atoms with E-state index in [-0.39, 0.29) is 31.3 Å². The first-order valence-corrected chi connectivity index (χ1v) is 13.1. The zero-order valence-electron chi connectivity index (χ0n) is 19.5. The van der Waals surface area contributed by atoms with Crippen LogP contribution >= 0.6 is 11.6 Å². The molecule has 0 aromatic heterocycles. The molecule has 1 N–H and O–H groups in total. The van der Waals surface area contributed by atoms with Crippen LogP contribution in [0.5, 0.6) is 0 Å². The minimum Gasteiger partial charge on any atom is -0.357 e. The van der Waals surface area contributed by atoms with Gasteiger partial charge in [0, 0.05) is 31.6 Å².